The third-order valence-electron chi connectivity index (χ3n) is 4.09. The largest absolute Gasteiger partial charge is 0.460 e. The Bertz CT molecular complexity index is 792. The summed E-state index contributed by atoms with van der Waals surface area (Å²) in [5.41, 5.74) is -0.856. The highest BCUT2D eigenvalue weighted by molar-refractivity contribution is 9.10. The van der Waals surface area contributed by atoms with Crippen LogP contribution in [0.2, 0.25) is 0 Å². The number of hydrogen-bond acceptors (Lipinski definition) is 5. The van der Waals surface area contributed by atoms with E-state index in [1.54, 1.807) is 41.5 Å². The first-order valence-corrected chi connectivity index (χ1v) is 11.5. The Morgan fingerprint density at radius 2 is 1.44 bits per heavy atom. The van der Waals surface area contributed by atoms with E-state index in [-0.39, 0.29) is 18.7 Å². The second-order valence-corrected chi connectivity index (χ2v) is 11.4. The van der Waals surface area contributed by atoms with Gasteiger partial charge in [-0.05, 0) is 85.9 Å². The number of benzene rings is 1. The highest BCUT2D eigenvalue weighted by Gasteiger charge is 2.30. The molecule has 2 N–H and O–H groups in total. The van der Waals surface area contributed by atoms with E-state index in [2.05, 4.69) is 26.6 Å². The lowest BCUT2D eigenvalue weighted by Gasteiger charge is -2.30. The average Bonchev–Trinajstić information content (AvgIpc) is 2.56. The van der Waals surface area contributed by atoms with Crippen LogP contribution in [0.25, 0.3) is 0 Å². The molecule has 0 saturated carbocycles. The number of hydrogen-bond donors (Lipinski definition) is 2. The quantitative estimate of drug-likeness (QED) is 0.483. The fraction of sp³-hybridized carbons (Fsp3) is 0.625. The zero-order valence-electron chi connectivity index (χ0n) is 20.4. The number of ether oxygens (including phenoxy) is 2. The van der Waals surface area contributed by atoms with Gasteiger partial charge < -0.3 is 20.1 Å². The molecule has 0 aliphatic rings. The lowest BCUT2D eigenvalue weighted by atomic mass is 9.94. The molecule has 32 heavy (non-hydrogen) atoms. The van der Waals surface area contributed by atoms with Crippen LogP contribution in [0.15, 0.2) is 28.7 Å². The van der Waals surface area contributed by atoms with Crippen molar-refractivity contribution in [3.8, 4) is 0 Å². The Kier molecular flexibility index (Phi) is 9.75. The third kappa shape index (κ3) is 12.1. The first-order chi connectivity index (χ1) is 14.5. The number of carbonyl (C=O) groups is 3. The second-order valence-electron chi connectivity index (χ2n) is 10.5. The van der Waals surface area contributed by atoms with Crippen LogP contribution in [-0.2, 0) is 25.5 Å². The Hall–Kier alpha value is -2.09. The van der Waals surface area contributed by atoms with Crippen LogP contribution in [0.5, 0.6) is 0 Å². The highest BCUT2D eigenvalue weighted by Crippen LogP contribution is 2.17. The van der Waals surface area contributed by atoms with Gasteiger partial charge >= 0.3 is 12.1 Å². The zero-order chi connectivity index (χ0) is 24.7. The molecule has 8 heteroatoms. The molecule has 1 rings (SSSR count). The van der Waals surface area contributed by atoms with Gasteiger partial charge in [-0.1, -0.05) is 28.1 Å². The molecule has 180 valence electrons. The number of alkyl carbamates (subject to hydrolysis) is 1. The van der Waals surface area contributed by atoms with Gasteiger partial charge in [-0.25, -0.2) is 4.79 Å². The molecule has 2 amide bonds. The van der Waals surface area contributed by atoms with E-state index in [9.17, 15) is 14.4 Å². The number of nitrogens with one attached hydrogen (secondary N) is 2. The summed E-state index contributed by atoms with van der Waals surface area (Å²) < 4.78 is 11.6. The molecule has 1 aromatic carbocycles. The van der Waals surface area contributed by atoms with E-state index in [0.717, 1.165) is 10.0 Å². The van der Waals surface area contributed by atoms with Crippen molar-refractivity contribution in [3.05, 3.63) is 34.3 Å². The molecule has 0 fully saturated rings. The van der Waals surface area contributed by atoms with Gasteiger partial charge in [0.15, 0.2) is 0 Å². The van der Waals surface area contributed by atoms with Crippen molar-refractivity contribution in [2.24, 2.45) is 0 Å². The minimum Gasteiger partial charge on any atom is -0.460 e. The smallest absolute Gasteiger partial charge is 0.408 e. The lowest BCUT2D eigenvalue weighted by molar-refractivity contribution is -0.155. The molecule has 0 bridgehead atoms. The first kappa shape index (κ1) is 27.9. The molecule has 0 aromatic heterocycles. The van der Waals surface area contributed by atoms with Crippen LogP contribution in [0.3, 0.4) is 0 Å². The fourth-order valence-corrected chi connectivity index (χ4v) is 3.22. The molecular formula is C24H37BrN2O5. The minimum atomic E-state index is -0.943. The summed E-state index contributed by atoms with van der Waals surface area (Å²) >= 11 is 3.42. The van der Waals surface area contributed by atoms with Gasteiger partial charge in [-0.3, -0.25) is 9.59 Å². The Morgan fingerprint density at radius 3 is 1.94 bits per heavy atom. The van der Waals surface area contributed by atoms with Gasteiger partial charge in [0.05, 0.1) is 0 Å². The van der Waals surface area contributed by atoms with Crippen LogP contribution < -0.4 is 10.6 Å². The highest BCUT2D eigenvalue weighted by atomic mass is 79.9. The van der Waals surface area contributed by atoms with Crippen molar-refractivity contribution in [2.45, 2.75) is 97.4 Å². The first-order valence-electron chi connectivity index (χ1n) is 10.7. The zero-order valence-corrected chi connectivity index (χ0v) is 22.0. The number of rotatable bonds is 8. The average molecular weight is 513 g/mol. The summed E-state index contributed by atoms with van der Waals surface area (Å²) in [6.45, 7) is 14.4. The van der Waals surface area contributed by atoms with Gasteiger partial charge in [0.2, 0.25) is 5.91 Å². The topological polar surface area (TPSA) is 93.7 Å². The summed E-state index contributed by atoms with van der Waals surface area (Å²) in [5.74, 6) is -0.822. The monoisotopic (exact) mass is 512 g/mol. The normalized spacial score (nSPS) is 13.2. The molecular weight excluding hydrogens is 476 g/mol. The van der Waals surface area contributed by atoms with E-state index < -0.39 is 34.8 Å². The Morgan fingerprint density at radius 1 is 0.906 bits per heavy atom. The summed E-state index contributed by atoms with van der Waals surface area (Å²) in [6.07, 6.45) is -0.0447. The van der Waals surface area contributed by atoms with E-state index in [1.807, 2.05) is 38.1 Å². The van der Waals surface area contributed by atoms with E-state index in [0.29, 0.717) is 6.42 Å². The number of halogens is 1. The lowest BCUT2D eigenvalue weighted by Crippen LogP contribution is -2.54. The molecule has 0 saturated heterocycles. The Balaban J connectivity index is 2.87. The van der Waals surface area contributed by atoms with Crippen LogP contribution >= 0.6 is 15.9 Å². The molecule has 0 unspecified atom stereocenters. The molecule has 1 atom stereocenters. The fourth-order valence-electron chi connectivity index (χ4n) is 2.95. The van der Waals surface area contributed by atoms with Crippen LogP contribution in [0.1, 0.15) is 73.8 Å². The molecule has 0 spiro atoms. The third-order valence-corrected chi connectivity index (χ3v) is 4.61. The molecule has 0 aliphatic carbocycles. The van der Waals surface area contributed by atoms with Crippen molar-refractivity contribution in [3.63, 3.8) is 0 Å². The predicted octanol–water partition coefficient (Wildman–Crippen LogP) is 4.90. The van der Waals surface area contributed by atoms with E-state index in [4.69, 9.17) is 9.47 Å². The van der Waals surface area contributed by atoms with E-state index in [1.165, 1.54) is 0 Å². The SMILES string of the molecule is CC(C)(Cc1ccc(Br)cc1)NC(=O)[C@H](CCC(=O)OC(C)(C)C)NC(=O)OC(C)(C)C. The predicted molar refractivity (Wildman–Crippen MR) is 128 cm³/mol. The maximum absolute atomic E-state index is 13.1. The number of amides is 2. The number of esters is 1. The number of carbonyl (C=O) groups excluding carboxylic acids is 3. The van der Waals surface area contributed by atoms with Crippen molar-refractivity contribution in [1.29, 1.82) is 0 Å². The molecule has 0 radical (unpaired) electrons. The van der Waals surface area contributed by atoms with Crippen molar-refractivity contribution in [1.82, 2.24) is 10.6 Å². The molecule has 1 aromatic rings. The summed E-state index contributed by atoms with van der Waals surface area (Å²) in [4.78, 5) is 37.5. The minimum absolute atomic E-state index is 0.0156. The van der Waals surface area contributed by atoms with Crippen LogP contribution in [0.4, 0.5) is 4.79 Å². The van der Waals surface area contributed by atoms with Crippen LogP contribution in [0, 0.1) is 0 Å². The van der Waals surface area contributed by atoms with E-state index >= 15 is 0 Å². The standard InChI is InChI=1S/C24H37BrN2O5/c1-22(2,3)31-19(28)14-13-18(26-21(30)32-23(4,5)6)20(29)27-24(7,8)15-16-9-11-17(25)12-10-16/h9-12,18H,13-15H2,1-8H3,(H,26,30)(H,27,29)/t18-/m0/s1. The van der Waals surface area contributed by atoms with Gasteiger partial charge in [0.1, 0.15) is 17.2 Å². The summed E-state index contributed by atoms with van der Waals surface area (Å²) in [6, 6.07) is 6.91. The van der Waals surface area contributed by atoms with Crippen molar-refractivity contribution >= 4 is 33.9 Å². The van der Waals surface area contributed by atoms with Gasteiger partial charge in [0.25, 0.3) is 0 Å². The second kappa shape index (κ2) is 11.2. The molecule has 0 heterocycles. The maximum Gasteiger partial charge on any atom is 0.408 e. The summed E-state index contributed by atoms with van der Waals surface area (Å²) in [7, 11) is 0. The van der Waals surface area contributed by atoms with Gasteiger partial charge in [0, 0.05) is 16.4 Å². The summed E-state index contributed by atoms with van der Waals surface area (Å²) in [5, 5.41) is 5.58. The van der Waals surface area contributed by atoms with Gasteiger partial charge in [-0.15, -0.1) is 0 Å². The molecule has 0 aliphatic heterocycles. The Labute approximate surface area is 200 Å². The van der Waals surface area contributed by atoms with Crippen molar-refractivity contribution in [2.75, 3.05) is 0 Å². The van der Waals surface area contributed by atoms with Crippen molar-refractivity contribution < 1.29 is 23.9 Å². The maximum atomic E-state index is 13.1. The van der Waals surface area contributed by atoms with Gasteiger partial charge in [-0.2, -0.15) is 0 Å². The molecule has 7 nitrogen and oxygen atoms in total. The van der Waals surface area contributed by atoms with Crippen LogP contribution in [-0.4, -0.2) is 40.8 Å².